The van der Waals surface area contributed by atoms with Crippen LogP contribution in [0.15, 0.2) is 42.5 Å². The largest absolute Gasteiger partial charge is 0.480 e. The van der Waals surface area contributed by atoms with Gasteiger partial charge in [0.15, 0.2) is 0 Å². The van der Waals surface area contributed by atoms with Crippen LogP contribution in [0, 0.1) is 11.8 Å². The minimum absolute atomic E-state index is 0.129. The SMILES string of the molecule is O=C(NCC#CCOc1cccc2ccccc12)NC1CCCCC1. The van der Waals surface area contributed by atoms with Crippen LogP contribution in [0.5, 0.6) is 5.75 Å². The number of hydrogen-bond acceptors (Lipinski definition) is 2. The minimum Gasteiger partial charge on any atom is -0.480 e. The molecule has 0 heterocycles. The highest BCUT2D eigenvalue weighted by Gasteiger charge is 2.14. The lowest BCUT2D eigenvalue weighted by Crippen LogP contribution is -2.42. The third-order valence-electron chi connectivity index (χ3n) is 4.45. The van der Waals surface area contributed by atoms with Gasteiger partial charge in [0.05, 0.1) is 6.54 Å². The van der Waals surface area contributed by atoms with Gasteiger partial charge in [-0.1, -0.05) is 67.5 Å². The second kappa shape index (κ2) is 8.98. The van der Waals surface area contributed by atoms with Gasteiger partial charge in [-0.3, -0.25) is 0 Å². The lowest BCUT2D eigenvalue weighted by atomic mass is 9.96. The van der Waals surface area contributed by atoms with Gasteiger partial charge in [-0.2, -0.15) is 0 Å². The summed E-state index contributed by atoms with van der Waals surface area (Å²) in [7, 11) is 0. The number of urea groups is 1. The molecule has 2 amide bonds. The molecule has 0 spiro atoms. The van der Waals surface area contributed by atoms with Crippen molar-refractivity contribution < 1.29 is 9.53 Å². The summed E-state index contributed by atoms with van der Waals surface area (Å²) in [5.74, 6) is 6.70. The summed E-state index contributed by atoms with van der Waals surface area (Å²) >= 11 is 0. The molecule has 0 atom stereocenters. The number of carbonyl (C=O) groups excluding carboxylic acids is 1. The van der Waals surface area contributed by atoms with E-state index in [1.54, 1.807) is 0 Å². The van der Waals surface area contributed by atoms with E-state index < -0.39 is 0 Å². The summed E-state index contributed by atoms with van der Waals surface area (Å²) in [4.78, 5) is 11.8. The Bertz CT molecular complexity index is 765. The topological polar surface area (TPSA) is 50.4 Å². The Balaban J connectivity index is 1.40. The molecule has 1 aliphatic rings. The molecule has 25 heavy (non-hydrogen) atoms. The van der Waals surface area contributed by atoms with E-state index in [1.165, 1.54) is 19.3 Å². The van der Waals surface area contributed by atoms with Gasteiger partial charge in [0.2, 0.25) is 0 Å². The zero-order chi connectivity index (χ0) is 17.3. The van der Waals surface area contributed by atoms with Crippen molar-refractivity contribution in [3.8, 4) is 17.6 Å². The first-order valence-corrected chi connectivity index (χ1v) is 8.93. The van der Waals surface area contributed by atoms with Crippen LogP contribution >= 0.6 is 0 Å². The second-order valence-electron chi connectivity index (χ2n) is 6.28. The summed E-state index contributed by atoms with van der Waals surface area (Å²) in [6.07, 6.45) is 5.85. The Hall–Kier alpha value is -2.67. The van der Waals surface area contributed by atoms with E-state index in [4.69, 9.17) is 4.74 Å². The van der Waals surface area contributed by atoms with Crippen molar-refractivity contribution >= 4 is 16.8 Å². The van der Waals surface area contributed by atoms with E-state index in [9.17, 15) is 4.79 Å². The monoisotopic (exact) mass is 336 g/mol. The third-order valence-corrected chi connectivity index (χ3v) is 4.45. The molecule has 0 unspecified atom stereocenters. The van der Waals surface area contributed by atoms with Crippen molar-refractivity contribution in [3.05, 3.63) is 42.5 Å². The summed E-state index contributed by atoms with van der Waals surface area (Å²) in [5, 5.41) is 8.01. The minimum atomic E-state index is -0.129. The molecule has 4 nitrogen and oxygen atoms in total. The fraction of sp³-hybridized carbons (Fsp3) is 0.381. The van der Waals surface area contributed by atoms with Gasteiger partial charge in [-0.15, -0.1) is 0 Å². The number of amides is 2. The van der Waals surface area contributed by atoms with Crippen LogP contribution in [0.2, 0.25) is 0 Å². The maximum atomic E-state index is 11.8. The molecule has 0 bridgehead atoms. The molecule has 130 valence electrons. The van der Waals surface area contributed by atoms with Crippen molar-refractivity contribution in [1.29, 1.82) is 0 Å². The van der Waals surface area contributed by atoms with E-state index in [0.29, 0.717) is 19.2 Å². The molecule has 4 heteroatoms. The van der Waals surface area contributed by atoms with Crippen molar-refractivity contribution in [2.45, 2.75) is 38.1 Å². The first kappa shape index (κ1) is 17.2. The maximum absolute atomic E-state index is 11.8. The van der Waals surface area contributed by atoms with Crippen molar-refractivity contribution in [3.63, 3.8) is 0 Å². The zero-order valence-corrected chi connectivity index (χ0v) is 14.4. The number of carbonyl (C=O) groups is 1. The summed E-state index contributed by atoms with van der Waals surface area (Å²) in [6.45, 7) is 0.636. The van der Waals surface area contributed by atoms with E-state index in [2.05, 4.69) is 34.6 Å². The van der Waals surface area contributed by atoms with Crippen LogP contribution in [0.3, 0.4) is 0 Å². The molecule has 3 rings (SSSR count). The number of ether oxygens (including phenoxy) is 1. The Morgan fingerprint density at radius 2 is 1.84 bits per heavy atom. The maximum Gasteiger partial charge on any atom is 0.315 e. The first-order valence-electron chi connectivity index (χ1n) is 8.93. The lowest BCUT2D eigenvalue weighted by Gasteiger charge is -2.22. The smallest absolute Gasteiger partial charge is 0.315 e. The molecule has 1 aliphatic carbocycles. The second-order valence-corrected chi connectivity index (χ2v) is 6.28. The van der Waals surface area contributed by atoms with Crippen LogP contribution in [0.25, 0.3) is 10.8 Å². The van der Waals surface area contributed by atoms with E-state index >= 15 is 0 Å². The van der Waals surface area contributed by atoms with Gasteiger partial charge in [0.1, 0.15) is 12.4 Å². The lowest BCUT2D eigenvalue weighted by molar-refractivity contribution is 0.234. The Morgan fingerprint density at radius 1 is 1.04 bits per heavy atom. The number of hydrogen-bond donors (Lipinski definition) is 2. The average Bonchev–Trinajstić information content (AvgIpc) is 2.65. The molecule has 1 fully saturated rings. The van der Waals surface area contributed by atoms with Crippen LogP contribution in [0.1, 0.15) is 32.1 Å². The quantitative estimate of drug-likeness (QED) is 0.833. The third kappa shape index (κ3) is 5.15. The van der Waals surface area contributed by atoms with Crippen molar-refractivity contribution in [2.75, 3.05) is 13.2 Å². The van der Waals surface area contributed by atoms with Gasteiger partial charge >= 0.3 is 6.03 Å². The van der Waals surface area contributed by atoms with Crippen molar-refractivity contribution in [2.24, 2.45) is 0 Å². The summed E-state index contributed by atoms with van der Waals surface area (Å²) in [5.41, 5.74) is 0. The van der Waals surface area contributed by atoms with Crippen molar-refractivity contribution in [1.82, 2.24) is 10.6 Å². The number of rotatable bonds is 4. The molecule has 0 aromatic heterocycles. The molecule has 2 aromatic carbocycles. The van der Waals surface area contributed by atoms with Crippen LogP contribution in [0.4, 0.5) is 4.79 Å². The van der Waals surface area contributed by atoms with E-state index in [-0.39, 0.29) is 6.03 Å². The summed E-state index contributed by atoms with van der Waals surface area (Å²) in [6, 6.07) is 14.3. The fourth-order valence-corrected chi connectivity index (χ4v) is 3.16. The molecular weight excluding hydrogens is 312 g/mol. The van der Waals surface area contributed by atoms with Crippen LogP contribution < -0.4 is 15.4 Å². The highest BCUT2D eigenvalue weighted by atomic mass is 16.5. The standard InChI is InChI=1S/C21H24N2O2/c24-21(23-18-11-2-1-3-12-18)22-15-6-7-16-25-20-14-8-10-17-9-4-5-13-19(17)20/h4-5,8-10,13-14,18H,1-3,11-12,15-16H2,(H2,22,23,24). The van der Waals surface area contributed by atoms with Gasteiger partial charge in [-0.05, 0) is 24.3 Å². The van der Waals surface area contributed by atoms with Crippen LogP contribution in [-0.2, 0) is 0 Å². The van der Waals surface area contributed by atoms with Gasteiger partial charge < -0.3 is 15.4 Å². The molecule has 2 aromatic rings. The highest BCUT2D eigenvalue weighted by molar-refractivity contribution is 5.88. The summed E-state index contributed by atoms with van der Waals surface area (Å²) < 4.78 is 5.75. The average molecular weight is 336 g/mol. The highest BCUT2D eigenvalue weighted by Crippen LogP contribution is 2.24. The Labute approximate surface area is 148 Å². The first-order chi connectivity index (χ1) is 12.3. The van der Waals surface area contributed by atoms with E-state index in [1.807, 2.05) is 30.3 Å². The molecule has 0 aliphatic heterocycles. The predicted molar refractivity (Wildman–Crippen MR) is 101 cm³/mol. The van der Waals surface area contributed by atoms with Gasteiger partial charge in [0, 0.05) is 11.4 Å². The van der Waals surface area contributed by atoms with Crippen LogP contribution in [-0.4, -0.2) is 25.2 Å². The van der Waals surface area contributed by atoms with E-state index in [0.717, 1.165) is 29.4 Å². The molecule has 0 radical (unpaired) electrons. The molecule has 2 N–H and O–H groups in total. The van der Waals surface area contributed by atoms with Gasteiger partial charge in [-0.25, -0.2) is 4.79 Å². The molecule has 0 saturated heterocycles. The number of nitrogens with one attached hydrogen (secondary N) is 2. The van der Waals surface area contributed by atoms with Gasteiger partial charge in [0.25, 0.3) is 0 Å². The predicted octanol–water partition coefficient (Wildman–Crippen LogP) is 3.85. The Kier molecular flexibility index (Phi) is 6.17. The Morgan fingerprint density at radius 3 is 2.72 bits per heavy atom. The normalized spacial score (nSPS) is 14.4. The fourth-order valence-electron chi connectivity index (χ4n) is 3.16. The molecular formula is C21H24N2O2. The zero-order valence-electron chi connectivity index (χ0n) is 14.4. The number of benzene rings is 2. The molecule has 1 saturated carbocycles. The number of fused-ring (bicyclic) bond motifs is 1.